The van der Waals surface area contributed by atoms with Crippen LogP contribution in [0.15, 0.2) is 91.0 Å². The summed E-state index contributed by atoms with van der Waals surface area (Å²) in [6, 6.07) is 30.2. The Labute approximate surface area is 215 Å². The molecule has 0 heterocycles. The fourth-order valence-corrected chi connectivity index (χ4v) is 4.35. The molecule has 3 aromatic carbocycles. The minimum Gasteiger partial charge on any atom is -0.391 e. The highest BCUT2D eigenvalue weighted by atomic mass is 16.6. The molecule has 2 atom stereocenters. The number of rotatable bonds is 15. The molecule has 3 rings (SSSR count). The topological polar surface area (TPSA) is 52.6 Å². The fraction of sp³-hybridized carbons (Fsp3) is 0.375. The summed E-state index contributed by atoms with van der Waals surface area (Å²) in [6.07, 6.45) is 5.40. The minimum absolute atomic E-state index is 0.276. The lowest BCUT2D eigenvalue weighted by Gasteiger charge is -2.19. The van der Waals surface area contributed by atoms with E-state index in [1.165, 1.54) is 11.1 Å². The van der Waals surface area contributed by atoms with Crippen molar-refractivity contribution in [2.45, 2.75) is 71.0 Å². The molecular weight excluding hydrogens is 448 g/mol. The number of benzene rings is 3. The van der Waals surface area contributed by atoms with Gasteiger partial charge in [0, 0.05) is 0 Å². The van der Waals surface area contributed by atoms with Gasteiger partial charge in [0.05, 0.1) is 12.5 Å². The monoisotopic (exact) mass is 486 g/mol. The zero-order valence-electron chi connectivity index (χ0n) is 21.3. The van der Waals surface area contributed by atoms with Gasteiger partial charge >= 0.3 is 11.9 Å². The average molecular weight is 487 g/mol. The first kappa shape index (κ1) is 27.3. The molecule has 4 nitrogen and oxygen atoms in total. The van der Waals surface area contributed by atoms with Crippen molar-refractivity contribution < 1.29 is 19.1 Å². The maximum Gasteiger partial charge on any atom is 0.342 e. The number of hydrogen-bond donors (Lipinski definition) is 0. The molecule has 190 valence electrons. The van der Waals surface area contributed by atoms with Gasteiger partial charge in [-0.3, -0.25) is 4.79 Å². The predicted molar refractivity (Wildman–Crippen MR) is 143 cm³/mol. The van der Waals surface area contributed by atoms with E-state index in [1.807, 2.05) is 66.7 Å². The molecular formula is C32H38O4. The molecule has 4 heteroatoms. The Bertz CT molecular complexity index is 1020. The number of ether oxygens (including phenoxy) is 2. The van der Waals surface area contributed by atoms with Gasteiger partial charge in [-0.05, 0) is 61.6 Å². The van der Waals surface area contributed by atoms with Crippen LogP contribution in [0.25, 0.3) is 0 Å². The second-order valence-corrected chi connectivity index (χ2v) is 9.27. The molecule has 0 aliphatic carbocycles. The van der Waals surface area contributed by atoms with E-state index in [9.17, 15) is 9.59 Å². The lowest BCUT2D eigenvalue weighted by Crippen LogP contribution is -2.31. The number of esters is 2. The molecule has 0 aliphatic rings. The lowest BCUT2D eigenvalue weighted by atomic mass is 9.95. The summed E-state index contributed by atoms with van der Waals surface area (Å²) in [5.74, 6) is -1.28. The second-order valence-electron chi connectivity index (χ2n) is 9.27. The van der Waals surface area contributed by atoms with Crippen molar-refractivity contribution in [3.8, 4) is 0 Å². The van der Waals surface area contributed by atoms with Crippen LogP contribution in [-0.4, -0.2) is 18.0 Å². The Balaban J connectivity index is 1.55. The summed E-state index contributed by atoms with van der Waals surface area (Å²) in [7, 11) is 0. The first-order valence-corrected chi connectivity index (χ1v) is 13.1. The smallest absolute Gasteiger partial charge is 0.342 e. The molecule has 0 saturated heterocycles. The molecule has 0 amide bonds. The van der Waals surface area contributed by atoms with Crippen molar-refractivity contribution in [1.29, 1.82) is 0 Å². The van der Waals surface area contributed by atoms with Gasteiger partial charge in [0.1, 0.15) is 0 Å². The fourth-order valence-electron chi connectivity index (χ4n) is 4.35. The Hall–Kier alpha value is -3.24. The summed E-state index contributed by atoms with van der Waals surface area (Å²) >= 11 is 0. The molecule has 0 saturated carbocycles. The standard InChI is InChI=1S/C32H38O4/c1-2-14-29(23-12-21-26-15-6-3-7-16-26)31(33)36-32(34)30(35-25-28-19-10-5-11-20-28)24-13-22-27-17-8-4-9-18-27/h3-11,15-20,29-30H,2,12-14,21-25H2,1H3. The van der Waals surface area contributed by atoms with Crippen molar-refractivity contribution in [3.63, 3.8) is 0 Å². The zero-order valence-corrected chi connectivity index (χ0v) is 21.3. The van der Waals surface area contributed by atoms with Gasteiger partial charge in [0.25, 0.3) is 0 Å². The maximum atomic E-state index is 13.1. The van der Waals surface area contributed by atoms with Gasteiger partial charge in [-0.25, -0.2) is 4.79 Å². The van der Waals surface area contributed by atoms with Crippen molar-refractivity contribution in [1.82, 2.24) is 0 Å². The van der Waals surface area contributed by atoms with Crippen LogP contribution in [0.4, 0.5) is 0 Å². The van der Waals surface area contributed by atoms with E-state index < -0.39 is 18.0 Å². The molecule has 0 aliphatic heterocycles. The van der Waals surface area contributed by atoms with Gasteiger partial charge in [-0.2, -0.15) is 0 Å². The van der Waals surface area contributed by atoms with Crippen LogP contribution in [0.2, 0.25) is 0 Å². The van der Waals surface area contributed by atoms with Crippen molar-refractivity contribution >= 4 is 11.9 Å². The molecule has 0 spiro atoms. The van der Waals surface area contributed by atoms with E-state index in [4.69, 9.17) is 9.47 Å². The molecule has 0 radical (unpaired) electrons. The Morgan fingerprint density at radius 1 is 0.639 bits per heavy atom. The third-order valence-corrected chi connectivity index (χ3v) is 6.36. The van der Waals surface area contributed by atoms with Crippen LogP contribution in [-0.2, 0) is 38.5 Å². The zero-order chi connectivity index (χ0) is 25.4. The van der Waals surface area contributed by atoms with E-state index in [2.05, 4.69) is 31.2 Å². The Kier molecular flexibility index (Phi) is 11.9. The highest BCUT2D eigenvalue weighted by molar-refractivity contribution is 5.89. The molecule has 0 aromatic heterocycles. The number of carbonyl (C=O) groups excluding carboxylic acids is 2. The van der Waals surface area contributed by atoms with Crippen molar-refractivity contribution in [2.75, 3.05) is 0 Å². The summed E-state index contributed by atoms with van der Waals surface area (Å²) in [5, 5.41) is 0. The van der Waals surface area contributed by atoms with E-state index in [-0.39, 0.29) is 5.92 Å². The predicted octanol–water partition coefficient (Wildman–Crippen LogP) is 7.10. The molecule has 0 bridgehead atoms. The number of hydrogen-bond acceptors (Lipinski definition) is 4. The Morgan fingerprint density at radius 3 is 1.67 bits per heavy atom. The van der Waals surface area contributed by atoms with Gasteiger partial charge in [0.15, 0.2) is 6.10 Å². The Morgan fingerprint density at radius 2 is 1.14 bits per heavy atom. The second kappa shape index (κ2) is 15.7. The van der Waals surface area contributed by atoms with E-state index in [1.54, 1.807) is 0 Å². The molecule has 3 aromatic rings. The van der Waals surface area contributed by atoms with Crippen LogP contribution in [0, 0.1) is 5.92 Å². The van der Waals surface area contributed by atoms with E-state index >= 15 is 0 Å². The van der Waals surface area contributed by atoms with E-state index in [0.29, 0.717) is 25.9 Å². The van der Waals surface area contributed by atoms with Crippen LogP contribution in [0.1, 0.15) is 62.1 Å². The third kappa shape index (κ3) is 9.79. The summed E-state index contributed by atoms with van der Waals surface area (Å²) < 4.78 is 11.4. The minimum atomic E-state index is -0.774. The summed E-state index contributed by atoms with van der Waals surface area (Å²) in [6.45, 7) is 2.35. The quantitative estimate of drug-likeness (QED) is 0.170. The van der Waals surface area contributed by atoms with Crippen LogP contribution in [0.5, 0.6) is 0 Å². The number of carbonyl (C=O) groups is 2. The highest BCUT2D eigenvalue weighted by Gasteiger charge is 2.27. The van der Waals surface area contributed by atoms with Gasteiger partial charge in [0.2, 0.25) is 0 Å². The molecule has 2 unspecified atom stereocenters. The normalized spacial score (nSPS) is 12.6. The number of aryl methyl sites for hydroxylation is 2. The summed E-state index contributed by atoms with van der Waals surface area (Å²) in [4.78, 5) is 26.0. The molecule has 0 fully saturated rings. The third-order valence-electron chi connectivity index (χ3n) is 6.36. The van der Waals surface area contributed by atoms with Crippen LogP contribution in [0.3, 0.4) is 0 Å². The molecule has 36 heavy (non-hydrogen) atoms. The van der Waals surface area contributed by atoms with Crippen LogP contribution < -0.4 is 0 Å². The van der Waals surface area contributed by atoms with Crippen molar-refractivity contribution in [2.24, 2.45) is 5.92 Å². The van der Waals surface area contributed by atoms with Gasteiger partial charge in [-0.15, -0.1) is 0 Å². The highest BCUT2D eigenvalue weighted by Crippen LogP contribution is 2.19. The average Bonchev–Trinajstić information content (AvgIpc) is 2.91. The molecule has 0 N–H and O–H groups in total. The maximum absolute atomic E-state index is 13.1. The largest absolute Gasteiger partial charge is 0.391 e. The SMILES string of the molecule is CCCC(CCCc1ccccc1)C(=O)OC(=O)C(CCCc1ccccc1)OCc1ccccc1. The first-order valence-electron chi connectivity index (χ1n) is 13.1. The van der Waals surface area contributed by atoms with Crippen LogP contribution >= 0.6 is 0 Å². The summed E-state index contributed by atoms with van der Waals surface area (Å²) in [5.41, 5.74) is 3.45. The van der Waals surface area contributed by atoms with Crippen molar-refractivity contribution in [3.05, 3.63) is 108 Å². The first-order chi connectivity index (χ1) is 17.7. The van der Waals surface area contributed by atoms with Gasteiger partial charge in [-0.1, -0.05) is 104 Å². The van der Waals surface area contributed by atoms with E-state index in [0.717, 1.165) is 37.7 Å². The van der Waals surface area contributed by atoms with Gasteiger partial charge < -0.3 is 9.47 Å². The lowest BCUT2D eigenvalue weighted by molar-refractivity contribution is -0.172.